The first-order chi connectivity index (χ1) is 11.2. The van der Waals surface area contributed by atoms with Gasteiger partial charge in [0.05, 0.1) is 21.6 Å². The molecule has 0 saturated carbocycles. The first kappa shape index (κ1) is 14.9. The summed E-state index contributed by atoms with van der Waals surface area (Å²) in [7, 11) is 0. The largest absolute Gasteiger partial charge is 0.320 e. The minimum atomic E-state index is -0.297. The van der Waals surface area contributed by atoms with Gasteiger partial charge in [0.2, 0.25) is 0 Å². The third kappa shape index (κ3) is 3.78. The van der Waals surface area contributed by atoms with E-state index in [4.69, 9.17) is 0 Å². The molecular formula is C16H12N4O2S. The van der Waals surface area contributed by atoms with Crippen LogP contribution >= 0.6 is 11.3 Å². The number of thiophene rings is 1. The minimum absolute atomic E-state index is 0.278. The average Bonchev–Trinajstić information content (AvgIpc) is 3.07. The van der Waals surface area contributed by atoms with Gasteiger partial charge in [-0.2, -0.15) is 0 Å². The molecule has 3 aromatic heterocycles. The van der Waals surface area contributed by atoms with Crippen LogP contribution in [-0.2, 0) is 0 Å². The number of anilines is 2. The van der Waals surface area contributed by atoms with Crippen LogP contribution in [0.4, 0.5) is 11.5 Å². The van der Waals surface area contributed by atoms with Crippen molar-refractivity contribution in [1.82, 2.24) is 9.97 Å². The maximum atomic E-state index is 12.1. The Morgan fingerprint density at radius 3 is 2.30 bits per heavy atom. The Morgan fingerprint density at radius 1 is 0.870 bits per heavy atom. The second-order valence-electron chi connectivity index (χ2n) is 4.53. The van der Waals surface area contributed by atoms with Crippen molar-refractivity contribution < 1.29 is 9.59 Å². The molecule has 114 valence electrons. The molecule has 23 heavy (non-hydrogen) atoms. The number of carbonyl (C=O) groups is 2. The fourth-order valence-corrected chi connectivity index (χ4v) is 2.62. The van der Waals surface area contributed by atoms with Gasteiger partial charge in [-0.15, -0.1) is 11.3 Å². The molecule has 0 aliphatic rings. The average molecular weight is 324 g/mol. The number of hydrogen-bond donors (Lipinski definition) is 2. The van der Waals surface area contributed by atoms with Crippen molar-refractivity contribution in [2.24, 2.45) is 0 Å². The van der Waals surface area contributed by atoms with Gasteiger partial charge in [-0.25, -0.2) is 4.98 Å². The monoisotopic (exact) mass is 324 g/mol. The highest BCUT2D eigenvalue weighted by molar-refractivity contribution is 7.16. The normalized spacial score (nSPS) is 10.1. The van der Waals surface area contributed by atoms with Crippen molar-refractivity contribution >= 4 is 34.7 Å². The molecule has 0 bridgehead atoms. The molecule has 3 heterocycles. The van der Waals surface area contributed by atoms with Gasteiger partial charge in [0, 0.05) is 12.4 Å². The maximum Gasteiger partial charge on any atom is 0.266 e. The second-order valence-corrected chi connectivity index (χ2v) is 5.61. The molecule has 2 N–H and O–H groups in total. The topological polar surface area (TPSA) is 84.0 Å². The van der Waals surface area contributed by atoms with Gasteiger partial charge < -0.3 is 10.6 Å². The van der Waals surface area contributed by atoms with Crippen molar-refractivity contribution in [1.29, 1.82) is 0 Å². The Kier molecular flexibility index (Phi) is 4.39. The lowest BCUT2D eigenvalue weighted by molar-refractivity contribution is 0.102. The Bertz CT molecular complexity index is 750. The van der Waals surface area contributed by atoms with Crippen LogP contribution in [0.25, 0.3) is 0 Å². The van der Waals surface area contributed by atoms with Crippen LogP contribution in [-0.4, -0.2) is 21.8 Å². The number of carbonyl (C=O) groups excluding carboxylic acids is 2. The van der Waals surface area contributed by atoms with Crippen LogP contribution in [0.1, 0.15) is 19.3 Å². The first-order valence-corrected chi connectivity index (χ1v) is 7.57. The molecule has 0 saturated heterocycles. The number of pyridine rings is 2. The third-order valence-electron chi connectivity index (χ3n) is 2.88. The van der Waals surface area contributed by atoms with E-state index < -0.39 is 0 Å². The SMILES string of the molecule is O=C(Nc1cccnc1)c1ccc(C(=O)Nc2ccccn2)s1. The fraction of sp³-hybridized carbons (Fsp3) is 0. The summed E-state index contributed by atoms with van der Waals surface area (Å²) >= 11 is 1.12. The van der Waals surface area contributed by atoms with E-state index in [-0.39, 0.29) is 11.8 Å². The van der Waals surface area contributed by atoms with E-state index in [1.165, 1.54) is 0 Å². The van der Waals surface area contributed by atoms with E-state index in [0.29, 0.717) is 21.3 Å². The molecular weight excluding hydrogens is 312 g/mol. The summed E-state index contributed by atoms with van der Waals surface area (Å²) in [6.45, 7) is 0. The maximum absolute atomic E-state index is 12.1. The molecule has 3 aromatic rings. The number of amides is 2. The van der Waals surface area contributed by atoms with E-state index in [0.717, 1.165) is 11.3 Å². The molecule has 0 unspecified atom stereocenters. The van der Waals surface area contributed by atoms with E-state index in [9.17, 15) is 9.59 Å². The quantitative estimate of drug-likeness (QED) is 0.772. The molecule has 0 radical (unpaired) electrons. The number of rotatable bonds is 4. The lowest BCUT2D eigenvalue weighted by atomic mass is 10.3. The molecule has 6 nitrogen and oxygen atoms in total. The van der Waals surface area contributed by atoms with Gasteiger partial charge >= 0.3 is 0 Å². The lowest BCUT2D eigenvalue weighted by Crippen LogP contribution is -2.11. The van der Waals surface area contributed by atoms with Crippen LogP contribution in [0.5, 0.6) is 0 Å². The zero-order valence-electron chi connectivity index (χ0n) is 11.9. The number of aromatic nitrogens is 2. The van der Waals surface area contributed by atoms with Crippen molar-refractivity contribution in [3.63, 3.8) is 0 Å². The summed E-state index contributed by atoms with van der Waals surface area (Å²) in [6, 6.07) is 11.9. The van der Waals surface area contributed by atoms with Gasteiger partial charge in [0.25, 0.3) is 11.8 Å². The summed E-state index contributed by atoms with van der Waals surface area (Å²) < 4.78 is 0. The molecule has 3 rings (SSSR count). The summed E-state index contributed by atoms with van der Waals surface area (Å²) in [4.78, 5) is 33.1. The summed E-state index contributed by atoms with van der Waals surface area (Å²) in [6.07, 6.45) is 4.78. The standard InChI is InChI=1S/C16H12N4O2S/c21-15(19-11-4-3-8-17-10-11)12-6-7-13(23-12)16(22)20-14-5-1-2-9-18-14/h1-10H,(H,19,21)(H,18,20,22). The fourth-order valence-electron chi connectivity index (χ4n) is 1.83. The smallest absolute Gasteiger partial charge is 0.266 e. The molecule has 0 spiro atoms. The zero-order chi connectivity index (χ0) is 16.1. The Morgan fingerprint density at radius 2 is 1.65 bits per heavy atom. The van der Waals surface area contributed by atoms with Crippen LogP contribution in [0.2, 0.25) is 0 Å². The predicted molar refractivity (Wildman–Crippen MR) is 88.7 cm³/mol. The third-order valence-corrected chi connectivity index (χ3v) is 3.96. The highest BCUT2D eigenvalue weighted by atomic mass is 32.1. The number of nitrogens with zero attached hydrogens (tertiary/aromatic N) is 2. The van der Waals surface area contributed by atoms with Gasteiger partial charge in [0.1, 0.15) is 5.82 Å². The van der Waals surface area contributed by atoms with E-state index in [2.05, 4.69) is 20.6 Å². The summed E-state index contributed by atoms with van der Waals surface area (Å²) in [5.74, 6) is -0.110. The highest BCUT2D eigenvalue weighted by Crippen LogP contribution is 2.19. The molecule has 0 aliphatic carbocycles. The highest BCUT2D eigenvalue weighted by Gasteiger charge is 2.14. The lowest BCUT2D eigenvalue weighted by Gasteiger charge is -2.02. The Labute approximate surface area is 136 Å². The van der Waals surface area contributed by atoms with Gasteiger partial charge in [-0.1, -0.05) is 6.07 Å². The molecule has 0 aromatic carbocycles. The van der Waals surface area contributed by atoms with E-state index in [1.54, 1.807) is 61.1 Å². The van der Waals surface area contributed by atoms with Crippen LogP contribution < -0.4 is 10.6 Å². The molecule has 7 heteroatoms. The summed E-state index contributed by atoms with van der Waals surface area (Å²) in [5, 5.41) is 5.40. The number of hydrogen-bond acceptors (Lipinski definition) is 5. The van der Waals surface area contributed by atoms with Crippen molar-refractivity contribution in [3.8, 4) is 0 Å². The van der Waals surface area contributed by atoms with Crippen LogP contribution in [0, 0.1) is 0 Å². The zero-order valence-corrected chi connectivity index (χ0v) is 12.7. The van der Waals surface area contributed by atoms with Gasteiger partial charge in [0.15, 0.2) is 0 Å². The van der Waals surface area contributed by atoms with E-state index >= 15 is 0 Å². The molecule has 0 aliphatic heterocycles. The second kappa shape index (κ2) is 6.80. The Hall–Kier alpha value is -3.06. The van der Waals surface area contributed by atoms with Crippen LogP contribution in [0.15, 0.2) is 61.1 Å². The summed E-state index contributed by atoms with van der Waals surface area (Å²) in [5.41, 5.74) is 0.602. The minimum Gasteiger partial charge on any atom is -0.320 e. The van der Waals surface area contributed by atoms with Gasteiger partial charge in [-0.05, 0) is 36.4 Å². The molecule has 0 atom stereocenters. The number of nitrogens with one attached hydrogen (secondary N) is 2. The van der Waals surface area contributed by atoms with Crippen molar-refractivity contribution in [3.05, 3.63) is 70.8 Å². The van der Waals surface area contributed by atoms with Crippen LogP contribution in [0.3, 0.4) is 0 Å². The molecule has 0 fully saturated rings. The Balaban J connectivity index is 1.68. The first-order valence-electron chi connectivity index (χ1n) is 6.76. The molecule has 2 amide bonds. The predicted octanol–water partition coefficient (Wildman–Crippen LogP) is 3.04. The van der Waals surface area contributed by atoms with E-state index in [1.807, 2.05) is 0 Å². The van der Waals surface area contributed by atoms with Crippen molar-refractivity contribution in [2.75, 3.05) is 10.6 Å². The van der Waals surface area contributed by atoms with Gasteiger partial charge in [-0.3, -0.25) is 14.6 Å². The van der Waals surface area contributed by atoms with Crippen molar-refractivity contribution in [2.45, 2.75) is 0 Å².